The average molecular weight is 360 g/mol. The Hall–Kier alpha value is -2.74. The van der Waals surface area contributed by atoms with Crippen LogP contribution in [-0.4, -0.2) is 26.4 Å². The number of carbonyl (C=O) groups is 1. The molecule has 25 heavy (non-hydrogen) atoms. The van der Waals surface area contributed by atoms with E-state index in [0.717, 1.165) is 11.6 Å². The van der Waals surface area contributed by atoms with Crippen LogP contribution in [0.15, 0.2) is 53.7 Å². The van der Waals surface area contributed by atoms with Crippen molar-refractivity contribution in [2.24, 2.45) is 5.73 Å². The number of aromatic nitrogens is 3. The zero-order chi connectivity index (χ0) is 17.8. The van der Waals surface area contributed by atoms with Crippen LogP contribution in [0.5, 0.6) is 0 Å². The van der Waals surface area contributed by atoms with Crippen molar-refractivity contribution in [3.05, 3.63) is 60.2 Å². The summed E-state index contributed by atoms with van der Waals surface area (Å²) in [5.41, 5.74) is 6.01. The second kappa shape index (κ2) is 7.43. The van der Waals surface area contributed by atoms with Gasteiger partial charge in [0.25, 0.3) is 0 Å². The van der Waals surface area contributed by atoms with Crippen molar-refractivity contribution < 1.29 is 13.6 Å². The van der Waals surface area contributed by atoms with Crippen molar-refractivity contribution >= 4 is 17.7 Å². The first-order valence-corrected chi connectivity index (χ1v) is 8.42. The fourth-order valence-corrected chi connectivity index (χ4v) is 3.16. The van der Waals surface area contributed by atoms with E-state index in [1.807, 2.05) is 30.3 Å². The number of halogens is 2. The molecule has 0 atom stereocenters. The van der Waals surface area contributed by atoms with Gasteiger partial charge in [-0.3, -0.25) is 9.36 Å². The quantitative estimate of drug-likeness (QED) is 0.685. The number of rotatable bonds is 6. The molecule has 1 heterocycles. The minimum atomic E-state index is -0.728. The number of benzene rings is 2. The molecule has 2 aromatic carbocycles. The van der Waals surface area contributed by atoms with Crippen LogP contribution < -0.4 is 5.73 Å². The van der Waals surface area contributed by atoms with Gasteiger partial charge in [-0.1, -0.05) is 42.1 Å². The highest BCUT2D eigenvalue weighted by Gasteiger charge is 2.19. The molecule has 2 N–H and O–H groups in total. The maximum absolute atomic E-state index is 14.3. The average Bonchev–Trinajstić information content (AvgIpc) is 2.99. The van der Waals surface area contributed by atoms with Gasteiger partial charge in [0.15, 0.2) is 11.0 Å². The maximum Gasteiger partial charge on any atom is 0.218 e. The largest absolute Gasteiger partial charge is 0.370 e. The summed E-state index contributed by atoms with van der Waals surface area (Å²) < 4.78 is 29.1. The van der Waals surface area contributed by atoms with Gasteiger partial charge < -0.3 is 5.73 Å². The first-order valence-electron chi connectivity index (χ1n) is 7.43. The molecular weight excluding hydrogens is 346 g/mol. The summed E-state index contributed by atoms with van der Waals surface area (Å²) in [5.74, 6) is -1.03. The molecule has 0 saturated heterocycles. The van der Waals surface area contributed by atoms with Gasteiger partial charge in [-0.15, -0.1) is 10.2 Å². The number of hydrogen-bond donors (Lipinski definition) is 1. The van der Waals surface area contributed by atoms with Gasteiger partial charge in [-0.25, -0.2) is 8.78 Å². The first-order chi connectivity index (χ1) is 12.1. The Morgan fingerprint density at radius 3 is 2.56 bits per heavy atom. The smallest absolute Gasteiger partial charge is 0.218 e. The molecule has 3 aromatic rings. The van der Waals surface area contributed by atoms with Crippen LogP contribution in [-0.2, 0) is 4.79 Å². The van der Waals surface area contributed by atoms with Gasteiger partial charge >= 0.3 is 0 Å². The van der Waals surface area contributed by atoms with Gasteiger partial charge in [-0.2, -0.15) is 0 Å². The van der Waals surface area contributed by atoms with Crippen molar-refractivity contribution in [3.8, 4) is 17.1 Å². The molecule has 0 fully saturated rings. The maximum atomic E-state index is 14.3. The van der Waals surface area contributed by atoms with E-state index in [-0.39, 0.29) is 12.1 Å². The third-order valence-corrected chi connectivity index (χ3v) is 4.33. The zero-order valence-electron chi connectivity index (χ0n) is 13.0. The molecule has 0 bridgehead atoms. The molecule has 5 nitrogen and oxygen atoms in total. The number of carbonyl (C=O) groups excluding carboxylic acids is 1. The molecule has 1 amide bonds. The lowest BCUT2D eigenvalue weighted by atomic mass is 10.2. The standard InChI is InChI=1S/C17H14F2N4OS/c18-12-6-7-14(13(19)10-12)23-16(11-4-2-1-3-5-11)21-22-17(23)25-9-8-15(20)24/h1-7,10H,8-9H2,(H2,20,24). The van der Waals surface area contributed by atoms with E-state index in [1.54, 1.807) is 0 Å². The minimum Gasteiger partial charge on any atom is -0.370 e. The van der Waals surface area contributed by atoms with Gasteiger partial charge in [-0.05, 0) is 12.1 Å². The third kappa shape index (κ3) is 3.85. The number of nitrogens with zero attached hydrogens (tertiary/aromatic N) is 3. The molecule has 0 aliphatic carbocycles. The van der Waals surface area contributed by atoms with Gasteiger partial charge in [0.2, 0.25) is 5.91 Å². The minimum absolute atomic E-state index is 0.131. The lowest BCUT2D eigenvalue weighted by Crippen LogP contribution is -2.11. The van der Waals surface area contributed by atoms with Crippen molar-refractivity contribution in [1.82, 2.24) is 14.8 Å². The predicted octanol–water partition coefficient (Wildman–Crippen LogP) is 3.18. The predicted molar refractivity (Wildman–Crippen MR) is 91.2 cm³/mol. The summed E-state index contributed by atoms with van der Waals surface area (Å²) in [6.07, 6.45) is 0.157. The van der Waals surface area contributed by atoms with Crippen LogP contribution in [0.1, 0.15) is 6.42 Å². The number of thioether (sulfide) groups is 1. The van der Waals surface area contributed by atoms with E-state index >= 15 is 0 Å². The molecule has 8 heteroatoms. The molecule has 128 valence electrons. The summed E-state index contributed by atoms with van der Waals surface area (Å²) in [4.78, 5) is 10.9. The molecular formula is C17H14F2N4OS. The second-order valence-electron chi connectivity index (χ2n) is 5.17. The molecule has 0 spiro atoms. The highest BCUT2D eigenvalue weighted by atomic mass is 32.2. The molecule has 1 aromatic heterocycles. The van der Waals surface area contributed by atoms with Crippen LogP contribution in [0.3, 0.4) is 0 Å². The Bertz CT molecular complexity index is 899. The van der Waals surface area contributed by atoms with Crippen molar-refractivity contribution in [1.29, 1.82) is 0 Å². The van der Waals surface area contributed by atoms with E-state index in [2.05, 4.69) is 10.2 Å². The van der Waals surface area contributed by atoms with E-state index in [0.29, 0.717) is 16.7 Å². The molecule has 0 radical (unpaired) electrons. The molecule has 0 aliphatic heterocycles. The topological polar surface area (TPSA) is 73.8 Å². The fourth-order valence-electron chi connectivity index (χ4n) is 2.26. The number of nitrogens with two attached hydrogens (primary N) is 1. The summed E-state index contributed by atoms with van der Waals surface area (Å²) >= 11 is 1.23. The SMILES string of the molecule is NC(=O)CCSc1nnc(-c2ccccc2)n1-c1ccc(F)cc1F. The van der Waals surface area contributed by atoms with Crippen LogP contribution in [0.25, 0.3) is 17.1 Å². The van der Waals surface area contributed by atoms with Crippen molar-refractivity contribution in [3.63, 3.8) is 0 Å². The lowest BCUT2D eigenvalue weighted by Gasteiger charge is -2.11. The summed E-state index contributed by atoms with van der Waals surface area (Å²) in [5, 5.41) is 8.63. The van der Waals surface area contributed by atoms with E-state index in [1.165, 1.54) is 28.5 Å². The lowest BCUT2D eigenvalue weighted by molar-refractivity contribution is -0.117. The number of hydrogen-bond acceptors (Lipinski definition) is 4. The first kappa shape index (κ1) is 17.1. The van der Waals surface area contributed by atoms with Crippen molar-refractivity contribution in [2.75, 3.05) is 5.75 Å². The molecule has 0 saturated carbocycles. The van der Waals surface area contributed by atoms with Crippen LogP contribution in [0.4, 0.5) is 8.78 Å². The molecule has 0 unspecified atom stereocenters. The molecule has 3 rings (SSSR count). The fraction of sp³-hybridized carbons (Fsp3) is 0.118. The van der Waals surface area contributed by atoms with Crippen LogP contribution in [0, 0.1) is 11.6 Å². The van der Waals surface area contributed by atoms with E-state index in [4.69, 9.17) is 5.73 Å². The number of amides is 1. The summed E-state index contributed by atoms with van der Waals surface area (Å²) in [7, 11) is 0. The van der Waals surface area contributed by atoms with E-state index < -0.39 is 17.5 Å². The highest BCUT2D eigenvalue weighted by Crippen LogP contribution is 2.29. The Morgan fingerprint density at radius 1 is 1.12 bits per heavy atom. The second-order valence-corrected chi connectivity index (χ2v) is 6.23. The number of primary amides is 1. The van der Waals surface area contributed by atoms with Crippen molar-refractivity contribution in [2.45, 2.75) is 11.6 Å². The van der Waals surface area contributed by atoms with Crippen LogP contribution >= 0.6 is 11.8 Å². The highest BCUT2D eigenvalue weighted by molar-refractivity contribution is 7.99. The Morgan fingerprint density at radius 2 is 1.88 bits per heavy atom. The van der Waals surface area contributed by atoms with E-state index in [9.17, 15) is 13.6 Å². The van der Waals surface area contributed by atoms with Gasteiger partial charge in [0.05, 0.1) is 5.69 Å². The monoisotopic (exact) mass is 360 g/mol. The zero-order valence-corrected chi connectivity index (χ0v) is 13.8. The molecule has 0 aliphatic rings. The van der Waals surface area contributed by atoms with Gasteiger partial charge in [0.1, 0.15) is 11.6 Å². The Balaban J connectivity index is 2.08. The third-order valence-electron chi connectivity index (χ3n) is 3.40. The Labute approximate surface area is 146 Å². The van der Waals surface area contributed by atoms with Crippen LogP contribution in [0.2, 0.25) is 0 Å². The normalized spacial score (nSPS) is 10.8. The summed E-state index contributed by atoms with van der Waals surface area (Å²) in [6, 6.07) is 12.5. The summed E-state index contributed by atoms with van der Waals surface area (Å²) in [6.45, 7) is 0. The van der Waals surface area contributed by atoms with Gasteiger partial charge in [0, 0.05) is 23.8 Å². The Kier molecular flexibility index (Phi) is 5.08.